The van der Waals surface area contributed by atoms with Crippen molar-refractivity contribution in [2.24, 2.45) is 17.8 Å². The van der Waals surface area contributed by atoms with Gasteiger partial charge in [-0.15, -0.1) is 0 Å². The van der Waals surface area contributed by atoms with Crippen LogP contribution in [-0.4, -0.2) is 22.8 Å². The fourth-order valence-corrected chi connectivity index (χ4v) is 1.22. The minimum absolute atomic E-state index is 0.364. The topological polar surface area (TPSA) is 68.2 Å². The molecule has 0 spiro atoms. The maximum atomic E-state index is 5.59. The van der Waals surface area contributed by atoms with Crippen molar-refractivity contribution >= 4 is 11.6 Å². The van der Waals surface area contributed by atoms with Gasteiger partial charge in [0.2, 0.25) is 0 Å². The first-order valence-corrected chi connectivity index (χ1v) is 4.57. The molecule has 0 aliphatic carbocycles. The number of aryl methyl sites for hydroxylation is 1. The quantitative estimate of drug-likeness (QED) is 0.544. The molecule has 1 heterocycles. The fourth-order valence-electron chi connectivity index (χ4n) is 1.22. The number of nitrogens with one attached hydrogen (secondary N) is 1. The van der Waals surface area contributed by atoms with Gasteiger partial charge in [0, 0.05) is 20.3 Å². The molecule has 3 N–H and O–H groups in total. The van der Waals surface area contributed by atoms with E-state index in [4.69, 9.17) is 5.73 Å². The van der Waals surface area contributed by atoms with Crippen LogP contribution in [0.15, 0.2) is 11.2 Å². The molecule has 5 heteroatoms. The van der Waals surface area contributed by atoms with Crippen LogP contribution in [0.3, 0.4) is 0 Å². The van der Waals surface area contributed by atoms with Crippen LogP contribution < -0.4 is 11.1 Å². The largest absolute Gasteiger partial charge is 0.370 e. The molecule has 0 atom stereocenters. The minimum atomic E-state index is 0.364. The lowest BCUT2D eigenvalue weighted by Gasteiger charge is -2.06. The lowest BCUT2D eigenvalue weighted by atomic mass is 10.1. The van der Waals surface area contributed by atoms with Crippen molar-refractivity contribution < 1.29 is 0 Å². The van der Waals surface area contributed by atoms with Crippen LogP contribution in [0.1, 0.15) is 25.5 Å². The van der Waals surface area contributed by atoms with Gasteiger partial charge in [0.05, 0.1) is 11.4 Å². The van der Waals surface area contributed by atoms with Crippen LogP contribution >= 0.6 is 0 Å². The normalized spacial score (nSPS) is 12.2. The third-order valence-corrected chi connectivity index (χ3v) is 1.91. The van der Waals surface area contributed by atoms with E-state index < -0.39 is 0 Å². The summed E-state index contributed by atoms with van der Waals surface area (Å²) >= 11 is 0. The highest BCUT2D eigenvalue weighted by molar-refractivity contribution is 5.92. The monoisotopic (exact) mass is 195 g/mol. The minimum Gasteiger partial charge on any atom is -0.370 e. The smallest absolute Gasteiger partial charge is 0.192 e. The third kappa shape index (κ3) is 2.25. The van der Waals surface area contributed by atoms with Crippen molar-refractivity contribution in [1.82, 2.24) is 9.78 Å². The molecule has 0 unspecified atom stereocenters. The highest BCUT2D eigenvalue weighted by atomic mass is 15.3. The standard InChI is InChI=1S/C9H17N5/c1-6(2)8-7(5-14(4)13-8)12-9(10)11-3/h5-6H,1-4H3,(H3,10,11,12). The zero-order chi connectivity index (χ0) is 10.7. The molecule has 0 aliphatic heterocycles. The van der Waals surface area contributed by atoms with Crippen molar-refractivity contribution in [3.8, 4) is 0 Å². The van der Waals surface area contributed by atoms with Gasteiger partial charge in [0.25, 0.3) is 0 Å². The van der Waals surface area contributed by atoms with Crippen LogP contribution in [0.5, 0.6) is 0 Å². The van der Waals surface area contributed by atoms with Crippen molar-refractivity contribution in [3.63, 3.8) is 0 Å². The Morgan fingerprint density at radius 1 is 1.64 bits per heavy atom. The number of hydrogen-bond acceptors (Lipinski definition) is 2. The second-order valence-electron chi connectivity index (χ2n) is 3.49. The molecule has 1 aromatic heterocycles. The van der Waals surface area contributed by atoms with Gasteiger partial charge in [-0.3, -0.25) is 9.67 Å². The molecule has 0 aliphatic rings. The molecule has 0 radical (unpaired) electrons. The Morgan fingerprint density at radius 2 is 2.29 bits per heavy atom. The predicted octanol–water partition coefficient (Wildman–Crippen LogP) is 0.900. The predicted molar refractivity (Wildman–Crippen MR) is 58.5 cm³/mol. The number of hydrogen-bond donors (Lipinski definition) is 2. The summed E-state index contributed by atoms with van der Waals surface area (Å²) in [5, 5.41) is 7.35. The molecule has 14 heavy (non-hydrogen) atoms. The summed E-state index contributed by atoms with van der Waals surface area (Å²) < 4.78 is 1.76. The third-order valence-electron chi connectivity index (χ3n) is 1.91. The average molecular weight is 195 g/mol. The maximum Gasteiger partial charge on any atom is 0.192 e. The molecule has 0 saturated heterocycles. The fraction of sp³-hybridized carbons (Fsp3) is 0.556. The number of nitrogens with two attached hydrogens (primary N) is 1. The Hall–Kier alpha value is -1.52. The highest BCUT2D eigenvalue weighted by Crippen LogP contribution is 2.21. The second-order valence-corrected chi connectivity index (χ2v) is 3.49. The van der Waals surface area contributed by atoms with Crippen LogP contribution in [0, 0.1) is 0 Å². The first-order valence-electron chi connectivity index (χ1n) is 4.57. The summed E-state index contributed by atoms with van der Waals surface area (Å²) in [6, 6.07) is 0. The zero-order valence-electron chi connectivity index (χ0n) is 9.07. The number of rotatable bonds is 2. The van der Waals surface area contributed by atoms with Crippen LogP contribution in [0.4, 0.5) is 5.69 Å². The summed E-state index contributed by atoms with van der Waals surface area (Å²) in [7, 11) is 3.53. The van der Waals surface area contributed by atoms with E-state index in [1.165, 1.54) is 0 Å². The summed E-state index contributed by atoms with van der Waals surface area (Å²) in [5.74, 6) is 0.767. The van der Waals surface area contributed by atoms with Crippen molar-refractivity contribution in [3.05, 3.63) is 11.9 Å². The molecule has 1 aromatic rings. The van der Waals surface area contributed by atoms with E-state index in [-0.39, 0.29) is 0 Å². The average Bonchev–Trinajstić information content (AvgIpc) is 2.46. The van der Waals surface area contributed by atoms with Gasteiger partial charge in [-0.2, -0.15) is 5.10 Å². The van der Waals surface area contributed by atoms with E-state index in [0.717, 1.165) is 11.4 Å². The van der Waals surface area contributed by atoms with Gasteiger partial charge in [0.15, 0.2) is 5.96 Å². The molecule has 1 rings (SSSR count). The number of aliphatic imine (C=N–C) groups is 1. The van der Waals surface area contributed by atoms with Crippen LogP contribution in [0.25, 0.3) is 0 Å². The van der Waals surface area contributed by atoms with Crippen molar-refractivity contribution in [2.75, 3.05) is 12.4 Å². The Labute approximate surface area is 84.0 Å². The van der Waals surface area contributed by atoms with Gasteiger partial charge < -0.3 is 11.1 Å². The Bertz CT molecular complexity index is 337. The van der Waals surface area contributed by atoms with Gasteiger partial charge >= 0.3 is 0 Å². The van der Waals surface area contributed by atoms with Crippen molar-refractivity contribution in [2.45, 2.75) is 19.8 Å². The Morgan fingerprint density at radius 3 is 2.79 bits per heavy atom. The Kier molecular flexibility index (Phi) is 3.11. The van der Waals surface area contributed by atoms with Crippen LogP contribution in [0.2, 0.25) is 0 Å². The summed E-state index contributed by atoms with van der Waals surface area (Å²) in [5.41, 5.74) is 7.51. The Balaban J connectivity index is 2.95. The van der Waals surface area contributed by atoms with Gasteiger partial charge in [-0.25, -0.2) is 0 Å². The molecular formula is C9H17N5. The lowest BCUT2D eigenvalue weighted by molar-refractivity contribution is 0.713. The van der Waals surface area contributed by atoms with Gasteiger partial charge in [-0.1, -0.05) is 13.8 Å². The summed E-state index contributed by atoms with van der Waals surface area (Å²) in [6.07, 6.45) is 1.90. The molecule has 0 bridgehead atoms. The SMILES string of the molecule is CN=C(N)Nc1cn(C)nc1C(C)C. The molecular weight excluding hydrogens is 178 g/mol. The number of anilines is 1. The first-order chi connectivity index (χ1) is 6.54. The molecule has 5 nitrogen and oxygen atoms in total. The van der Waals surface area contributed by atoms with Gasteiger partial charge in [-0.05, 0) is 5.92 Å². The molecule has 0 amide bonds. The second kappa shape index (κ2) is 4.13. The van der Waals surface area contributed by atoms with E-state index in [9.17, 15) is 0 Å². The van der Waals surface area contributed by atoms with E-state index in [1.54, 1.807) is 11.7 Å². The lowest BCUT2D eigenvalue weighted by Crippen LogP contribution is -2.22. The van der Waals surface area contributed by atoms with E-state index in [2.05, 4.69) is 29.3 Å². The molecule has 78 valence electrons. The highest BCUT2D eigenvalue weighted by Gasteiger charge is 2.11. The number of aromatic nitrogens is 2. The number of guanidine groups is 1. The summed E-state index contributed by atoms with van der Waals surface area (Å²) in [6.45, 7) is 4.18. The molecule has 0 saturated carbocycles. The van der Waals surface area contributed by atoms with E-state index >= 15 is 0 Å². The van der Waals surface area contributed by atoms with E-state index in [1.807, 2.05) is 13.2 Å². The zero-order valence-corrected chi connectivity index (χ0v) is 9.07. The van der Waals surface area contributed by atoms with Crippen LogP contribution in [-0.2, 0) is 7.05 Å². The van der Waals surface area contributed by atoms with Gasteiger partial charge in [0.1, 0.15) is 0 Å². The van der Waals surface area contributed by atoms with Crippen molar-refractivity contribution in [1.29, 1.82) is 0 Å². The summed E-state index contributed by atoms with van der Waals surface area (Å²) in [4.78, 5) is 3.84. The maximum absolute atomic E-state index is 5.59. The molecule has 0 aromatic carbocycles. The van der Waals surface area contributed by atoms with E-state index in [0.29, 0.717) is 11.9 Å². The molecule has 0 fully saturated rings. The number of nitrogens with zero attached hydrogens (tertiary/aromatic N) is 3. The first kappa shape index (κ1) is 10.6.